The summed E-state index contributed by atoms with van der Waals surface area (Å²) >= 11 is 0. The second-order valence-corrected chi connectivity index (χ2v) is 6.99. The molecule has 0 aliphatic rings. The van der Waals surface area contributed by atoms with E-state index in [4.69, 9.17) is 14.0 Å². The SMILES string of the molecule is CCCCn1c(=O)[nH]c2cc(-c3nc(-c4ccc(OC)c(OC)c4)no3)ccc2c1=O. The molecular weight excluding hydrogens is 400 g/mol. The zero-order valence-corrected chi connectivity index (χ0v) is 17.5. The quantitative estimate of drug-likeness (QED) is 0.486. The highest BCUT2D eigenvalue weighted by Crippen LogP contribution is 2.32. The van der Waals surface area contributed by atoms with E-state index in [1.165, 1.54) is 4.57 Å². The smallest absolute Gasteiger partial charge is 0.328 e. The number of aromatic amines is 1. The molecule has 1 N–H and O–H groups in total. The Morgan fingerprint density at radius 2 is 1.81 bits per heavy atom. The summed E-state index contributed by atoms with van der Waals surface area (Å²) in [5, 5.41) is 4.47. The first-order valence-electron chi connectivity index (χ1n) is 9.89. The molecule has 2 aromatic heterocycles. The van der Waals surface area contributed by atoms with Gasteiger partial charge in [-0.05, 0) is 42.8 Å². The number of nitrogens with one attached hydrogen (secondary N) is 1. The molecule has 2 aromatic carbocycles. The minimum atomic E-state index is -0.431. The van der Waals surface area contributed by atoms with Crippen LogP contribution in [0.15, 0.2) is 50.5 Å². The van der Waals surface area contributed by atoms with Crippen LogP contribution in [0.4, 0.5) is 0 Å². The lowest BCUT2D eigenvalue weighted by atomic mass is 10.1. The van der Waals surface area contributed by atoms with E-state index in [1.54, 1.807) is 50.6 Å². The van der Waals surface area contributed by atoms with Crippen LogP contribution in [0.1, 0.15) is 19.8 Å². The molecular formula is C22H22N4O5. The lowest BCUT2D eigenvalue weighted by Gasteiger charge is -2.07. The Labute approximate surface area is 177 Å². The van der Waals surface area contributed by atoms with Gasteiger partial charge in [0.25, 0.3) is 11.4 Å². The number of ether oxygens (including phenoxy) is 2. The van der Waals surface area contributed by atoms with Gasteiger partial charge in [-0.25, -0.2) is 4.79 Å². The number of fused-ring (bicyclic) bond motifs is 1. The fourth-order valence-corrected chi connectivity index (χ4v) is 3.34. The molecule has 160 valence electrons. The molecule has 0 amide bonds. The third-order valence-electron chi connectivity index (χ3n) is 5.03. The van der Waals surface area contributed by atoms with Gasteiger partial charge in [-0.2, -0.15) is 4.98 Å². The van der Waals surface area contributed by atoms with Crippen LogP contribution in [-0.4, -0.2) is 33.9 Å². The maximum Gasteiger partial charge on any atom is 0.328 e. The maximum absolute atomic E-state index is 12.7. The van der Waals surface area contributed by atoms with E-state index >= 15 is 0 Å². The van der Waals surface area contributed by atoms with Gasteiger partial charge in [-0.1, -0.05) is 18.5 Å². The van der Waals surface area contributed by atoms with Gasteiger partial charge in [0, 0.05) is 17.7 Å². The second kappa shape index (κ2) is 8.47. The van der Waals surface area contributed by atoms with E-state index in [0.29, 0.717) is 45.9 Å². The van der Waals surface area contributed by atoms with Crippen molar-refractivity contribution in [2.75, 3.05) is 14.2 Å². The number of H-pyrrole nitrogens is 1. The number of benzene rings is 2. The van der Waals surface area contributed by atoms with Crippen LogP contribution in [-0.2, 0) is 6.54 Å². The average Bonchev–Trinajstić information content (AvgIpc) is 3.28. The van der Waals surface area contributed by atoms with Crippen LogP contribution in [0.5, 0.6) is 11.5 Å². The molecule has 0 saturated carbocycles. The van der Waals surface area contributed by atoms with E-state index in [9.17, 15) is 9.59 Å². The van der Waals surface area contributed by atoms with Gasteiger partial charge in [0.2, 0.25) is 5.82 Å². The number of hydrogen-bond acceptors (Lipinski definition) is 7. The number of aromatic nitrogens is 4. The van der Waals surface area contributed by atoms with Crippen molar-refractivity contribution in [3.63, 3.8) is 0 Å². The van der Waals surface area contributed by atoms with Crippen LogP contribution in [0.2, 0.25) is 0 Å². The Bertz CT molecular complexity index is 1350. The topological polar surface area (TPSA) is 112 Å². The van der Waals surface area contributed by atoms with Crippen molar-refractivity contribution in [1.29, 1.82) is 0 Å². The second-order valence-electron chi connectivity index (χ2n) is 6.99. The van der Waals surface area contributed by atoms with Crippen molar-refractivity contribution in [3.05, 3.63) is 57.2 Å². The minimum absolute atomic E-state index is 0.266. The first kappa shape index (κ1) is 20.4. The summed E-state index contributed by atoms with van der Waals surface area (Å²) < 4.78 is 17.2. The number of unbranched alkanes of at least 4 members (excludes halogenated alkanes) is 1. The standard InChI is InChI=1S/C22H22N4O5/c1-4-5-10-26-21(27)15-8-6-14(11-16(15)23-22(26)28)20-24-19(25-31-20)13-7-9-17(29-2)18(12-13)30-3/h6-9,11-12H,4-5,10H2,1-3H3,(H,23,28). The summed E-state index contributed by atoms with van der Waals surface area (Å²) in [5.41, 5.74) is 0.967. The molecule has 0 unspecified atom stereocenters. The van der Waals surface area contributed by atoms with Crippen molar-refractivity contribution >= 4 is 10.9 Å². The van der Waals surface area contributed by atoms with Crippen LogP contribution in [0.3, 0.4) is 0 Å². The molecule has 0 aliphatic carbocycles. The zero-order valence-electron chi connectivity index (χ0n) is 17.5. The molecule has 0 aliphatic heterocycles. The van der Waals surface area contributed by atoms with Crippen LogP contribution in [0, 0.1) is 0 Å². The molecule has 31 heavy (non-hydrogen) atoms. The van der Waals surface area contributed by atoms with Gasteiger partial charge in [0.05, 0.1) is 25.1 Å². The normalized spacial score (nSPS) is 11.1. The summed E-state index contributed by atoms with van der Waals surface area (Å²) in [6.07, 6.45) is 1.65. The Hall–Kier alpha value is -3.88. The van der Waals surface area contributed by atoms with E-state index in [0.717, 1.165) is 12.8 Å². The highest BCUT2D eigenvalue weighted by Gasteiger charge is 2.15. The molecule has 0 fully saturated rings. The summed E-state index contributed by atoms with van der Waals surface area (Å²) in [4.78, 5) is 32.2. The predicted molar refractivity (Wildman–Crippen MR) is 116 cm³/mol. The van der Waals surface area contributed by atoms with Gasteiger partial charge in [0.15, 0.2) is 11.5 Å². The number of nitrogens with zero attached hydrogens (tertiary/aromatic N) is 3. The van der Waals surface area contributed by atoms with Gasteiger partial charge in [-0.3, -0.25) is 9.36 Å². The molecule has 0 atom stereocenters. The van der Waals surface area contributed by atoms with Crippen molar-refractivity contribution in [3.8, 4) is 34.3 Å². The van der Waals surface area contributed by atoms with Gasteiger partial charge in [-0.15, -0.1) is 0 Å². The van der Waals surface area contributed by atoms with Crippen molar-refractivity contribution in [1.82, 2.24) is 19.7 Å². The zero-order chi connectivity index (χ0) is 22.0. The summed E-state index contributed by atoms with van der Waals surface area (Å²) in [6, 6.07) is 10.4. The molecule has 0 radical (unpaired) electrons. The lowest BCUT2D eigenvalue weighted by Crippen LogP contribution is -2.35. The Balaban J connectivity index is 1.71. The highest BCUT2D eigenvalue weighted by molar-refractivity contribution is 5.82. The number of rotatable bonds is 7. The third kappa shape index (κ3) is 3.81. The molecule has 9 nitrogen and oxygen atoms in total. The summed E-state index contributed by atoms with van der Waals surface area (Å²) in [7, 11) is 3.11. The molecule has 4 rings (SSSR count). The lowest BCUT2D eigenvalue weighted by molar-refractivity contribution is 0.355. The van der Waals surface area contributed by atoms with E-state index in [-0.39, 0.29) is 11.4 Å². The van der Waals surface area contributed by atoms with Crippen LogP contribution >= 0.6 is 0 Å². The molecule has 0 bridgehead atoms. The monoisotopic (exact) mass is 422 g/mol. The average molecular weight is 422 g/mol. The number of hydrogen-bond donors (Lipinski definition) is 1. The minimum Gasteiger partial charge on any atom is -0.493 e. The molecule has 2 heterocycles. The van der Waals surface area contributed by atoms with Gasteiger partial charge in [0.1, 0.15) is 0 Å². The Morgan fingerprint density at radius 1 is 1.03 bits per heavy atom. The largest absolute Gasteiger partial charge is 0.493 e. The van der Waals surface area contributed by atoms with Crippen LogP contribution in [0.25, 0.3) is 33.7 Å². The molecule has 9 heteroatoms. The molecule has 4 aromatic rings. The van der Waals surface area contributed by atoms with Crippen molar-refractivity contribution in [2.24, 2.45) is 0 Å². The van der Waals surface area contributed by atoms with Crippen molar-refractivity contribution < 1.29 is 14.0 Å². The van der Waals surface area contributed by atoms with E-state index < -0.39 is 5.69 Å². The summed E-state index contributed by atoms with van der Waals surface area (Å²) in [6.45, 7) is 2.40. The summed E-state index contributed by atoms with van der Waals surface area (Å²) in [5.74, 6) is 1.79. The van der Waals surface area contributed by atoms with Crippen molar-refractivity contribution in [2.45, 2.75) is 26.3 Å². The first-order valence-corrected chi connectivity index (χ1v) is 9.89. The molecule has 0 spiro atoms. The Morgan fingerprint density at radius 3 is 2.55 bits per heavy atom. The van der Waals surface area contributed by atoms with Crippen LogP contribution < -0.4 is 20.7 Å². The maximum atomic E-state index is 12.7. The number of methoxy groups -OCH3 is 2. The van der Waals surface area contributed by atoms with E-state index in [2.05, 4.69) is 15.1 Å². The third-order valence-corrected chi connectivity index (χ3v) is 5.03. The molecule has 0 saturated heterocycles. The predicted octanol–water partition coefficient (Wildman–Crippen LogP) is 3.22. The van der Waals surface area contributed by atoms with E-state index in [1.807, 2.05) is 6.92 Å². The fourth-order valence-electron chi connectivity index (χ4n) is 3.34. The fraction of sp³-hybridized carbons (Fsp3) is 0.273. The Kier molecular flexibility index (Phi) is 5.57. The highest BCUT2D eigenvalue weighted by atomic mass is 16.5. The van der Waals surface area contributed by atoms with Gasteiger partial charge < -0.3 is 19.0 Å². The first-order chi connectivity index (χ1) is 15.0. The van der Waals surface area contributed by atoms with Gasteiger partial charge >= 0.3 is 5.69 Å².